The van der Waals surface area contributed by atoms with E-state index in [0.29, 0.717) is 22.7 Å². The molecule has 1 aliphatic rings. The van der Waals surface area contributed by atoms with Gasteiger partial charge in [0.2, 0.25) is 0 Å². The SMILES string of the molecule is CC1CC(C)CN(Cc2csc(NC(=O)c3ccc(N(C)C)c([N+](=O)[O-])c3)n2)C1. The van der Waals surface area contributed by atoms with Gasteiger partial charge in [-0.1, -0.05) is 13.8 Å². The van der Waals surface area contributed by atoms with Crippen molar-refractivity contribution in [2.24, 2.45) is 11.8 Å². The Hall–Kier alpha value is -2.52. The van der Waals surface area contributed by atoms with Crippen molar-refractivity contribution in [1.29, 1.82) is 0 Å². The Morgan fingerprint density at radius 2 is 2.03 bits per heavy atom. The number of piperidine rings is 1. The average Bonchev–Trinajstić information content (AvgIpc) is 3.06. The molecule has 1 aromatic carbocycles. The van der Waals surface area contributed by atoms with E-state index >= 15 is 0 Å². The summed E-state index contributed by atoms with van der Waals surface area (Å²) in [7, 11) is 3.45. The molecule has 2 atom stereocenters. The Labute approximate surface area is 174 Å². The highest BCUT2D eigenvalue weighted by molar-refractivity contribution is 7.14. The molecule has 2 aromatic rings. The first-order chi connectivity index (χ1) is 13.7. The predicted octanol–water partition coefficient (Wildman–Crippen LogP) is 3.85. The number of carbonyl (C=O) groups is 1. The van der Waals surface area contributed by atoms with E-state index in [1.54, 1.807) is 31.1 Å². The second-order valence-corrected chi connectivity index (χ2v) is 8.95. The quantitative estimate of drug-likeness (QED) is 0.567. The molecule has 0 radical (unpaired) electrons. The number of rotatable bonds is 6. The maximum Gasteiger partial charge on any atom is 0.293 e. The maximum absolute atomic E-state index is 12.6. The summed E-state index contributed by atoms with van der Waals surface area (Å²) in [6.45, 7) is 7.44. The summed E-state index contributed by atoms with van der Waals surface area (Å²) in [6, 6.07) is 4.47. The van der Waals surface area contributed by atoms with E-state index in [4.69, 9.17) is 0 Å². The van der Waals surface area contributed by atoms with Crippen LogP contribution in [0.5, 0.6) is 0 Å². The van der Waals surface area contributed by atoms with Gasteiger partial charge in [0.05, 0.1) is 10.6 Å². The minimum atomic E-state index is -0.478. The number of likely N-dealkylation sites (tertiary alicyclic amines) is 1. The smallest absolute Gasteiger partial charge is 0.293 e. The fourth-order valence-corrected chi connectivity index (χ4v) is 4.64. The highest BCUT2D eigenvalue weighted by Gasteiger charge is 2.23. The number of nitro benzene ring substituents is 1. The molecule has 1 amide bonds. The van der Waals surface area contributed by atoms with E-state index in [9.17, 15) is 14.9 Å². The molecule has 2 heterocycles. The van der Waals surface area contributed by atoms with Gasteiger partial charge in [-0.2, -0.15) is 0 Å². The first kappa shape index (κ1) is 21.2. The minimum Gasteiger partial charge on any atom is -0.372 e. The van der Waals surface area contributed by atoms with Crippen LogP contribution in [-0.2, 0) is 6.54 Å². The van der Waals surface area contributed by atoms with Crippen molar-refractivity contribution >= 4 is 33.8 Å². The summed E-state index contributed by atoms with van der Waals surface area (Å²) in [5, 5.41) is 16.5. The Morgan fingerprint density at radius 3 is 2.66 bits per heavy atom. The van der Waals surface area contributed by atoms with Crippen molar-refractivity contribution < 1.29 is 9.72 Å². The van der Waals surface area contributed by atoms with Gasteiger partial charge < -0.3 is 4.90 Å². The zero-order valence-electron chi connectivity index (χ0n) is 17.2. The van der Waals surface area contributed by atoms with Gasteiger partial charge in [-0.15, -0.1) is 11.3 Å². The lowest BCUT2D eigenvalue weighted by molar-refractivity contribution is -0.384. The molecule has 1 N–H and O–H groups in total. The molecule has 29 heavy (non-hydrogen) atoms. The molecule has 3 rings (SSSR count). The van der Waals surface area contributed by atoms with Crippen LogP contribution < -0.4 is 10.2 Å². The van der Waals surface area contributed by atoms with Crippen LogP contribution in [-0.4, -0.2) is 47.9 Å². The number of benzene rings is 1. The van der Waals surface area contributed by atoms with Crippen LogP contribution in [0.15, 0.2) is 23.6 Å². The van der Waals surface area contributed by atoms with Gasteiger partial charge in [0.15, 0.2) is 5.13 Å². The third kappa shape index (κ3) is 5.30. The average molecular weight is 418 g/mol. The number of hydrogen-bond acceptors (Lipinski definition) is 7. The van der Waals surface area contributed by atoms with E-state index in [1.165, 1.54) is 23.8 Å². The van der Waals surface area contributed by atoms with Crippen LogP contribution in [0.2, 0.25) is 0 Å². The molecule has 156 valence electrons. The zero-order valence-corrected chi connectivity index (χ0v) is 18.0. The van der Waals surface area contributed by atoms with Gasteiger partial charge in [-0.3, -0.25) is 25.1 Å². The summed E-state index contributed by atoms with van der Waals surface area (Å²) in [5.41, 5.74) is 1.52. The first-order valence-corrected chi connectivity index (χ1v) is 10.5. The number of nitrogens with zero attached hydrogens (tertiary/aromatic N) is 4. The zero-order chi connectivity index (χ0) is 21.1. The lowest BCUT2D eigenvalue weighted by Gasteiger charge is -2.34. The Kier molecular flexibility index (Phi) is 6.49. The largest absolute Gasteiger partial charge is 0.372 e. The van der Waals surface area contributed by atoms with Crippen molar-refractivity contribution in [1.82, 2.24) is 9.88 Å². The minimum absolute atomic E-state index is 0.101. The van der Waals surface area contributed by atoms with E-state index in [0.717, 1.165) is 25.3 Å². The van der Waals surface area contributed by atoms with Crippen LogP contribution in [0.3, 0.4) is 0 Å². The van der Waals surface area contributed by atoms with Crippen molar-refractivity contribution in [3.8, 4) is 0 Å². The molecular formula is C20H27N5O3S. The number of thiazole rings is 1. The summed E-state index contributed by atoms with van der Waals surface area (Å²) in [4.78, 5) is 32.0. The Morgan fingerprint density at radius 1 is 1.34 bits per heavy atom. The second kappa shape index (κ2) is 8.87. The predicted molar refractivity (Wildman–Crippen MR) is 116 cm³/mol. The van der Waals surface area contributed by atoms with Crippen LogP contribution in [0.25, 0.3) is 0 Å². The first-order valence-electron chi connectivity index (χ1n) is 9.66. The molecule has 0 saturated carbocycles. The summed E-state index contributed by atoms with van der Waals surface area (Å²) < 4.78 is 0. The molecule has 0 aliphatic carbocycles. The summed E-state index contributed by atoms with van der Waals surface area (Å²) in [5.74, 6) is 0.953. The third-order valence-corrected chi connectivity index (χ3v) is 5.82. The number of nitro groups is 1. The van der Waals surface area contributed by atoms with Gasteiger partial charge in [-0.05, 0) is 30.4 Å². The molecule has 8 nitrogen and oxygen atoms in total. The molecule has 0 spiro atoms. The van der Waals surface area contributed by atoms with E-state index in [-0.39, 0.29) is 11.3 Å². The standard InChI is InChI=1S/C20H27N5O3S/c1-13-7-14(2)10-24(9-13)11-16-12-29-20(21-16)22-19(26)15-5-6-17(23(3)4)18(8-15)25(27)28/h5-6,8,12-14H,7,9-11H2,1-4H3,(H,21,22,26). The van der Waals surface area contributed by atoms with Gasteiger partial charge in [0.25, 0.3) is 11.6 Å². The molecule has 1 aliphatic heterocycles. The van der Waals surface area contributed by atoms with Gasteiger partial charge in [0.1, 0.15) is 5.69 Å². The molecule has 1 saturated heterocycles. The molecule has 9 heteroatoms. The molecule has 0 bridgehead atoms. The van der Waals surface area contributed by atoms with Gasteiger partial charge >= 0.3 is 0 Å². The van der Waals surface area contributed by atoms with Crippen molar-refractivity contribution in [2.75, 3.05) is 37.4 Å². The van der Waals surface area contributed by atoms with E-state index in [2.05, 4.69) is 29.0 Å². The maximum atomic E-state index is 12.6. The van der Waals surface area contributed by atoms with Crippen LogP contribution in [0, 0.1) is 22.0 Å². The topological polar surface area (TPSA) is 91.6 Å². The van der Waals surface area contributed by atoms with Crippen LogP contribution in [0.1, 0.15) is 36.3 Å². The fourth-order valence-electron chi connectivity index (χ4n) is 3.95. The monoisotopic (exact) mass is 417 g/mol. The lowest BCUT2D eigenvalue weighted by Crippen LogP contribution is -2.38. The molecular weight excluding hydrogens is 390 g/mol. The number of hydrogen-bond donors (Lipinski definition) is 1. The summed E-state index contributed by atoms with van der Waals surface area (Å²) >= 11 is 1.37. The number of amides is 1. The van der Waals surface area contributed by atoms with Gasteiger partial charge in [0, 0.05) is 50.7 Å². The Bertz CT molecular complexity index is 888. The highest BCUT2D eigenvalue weighted by Crippen LogP contribution is 2.28. The van der Waals surface area contributed by atoms with E-state index < -0.39 is 10.8 Å². The van der Waals surface area contributed by atoms with E-state index in [1.807, 2.05) is 5.38 Å². The fraction of sp³-hybridized carbons (Fsp3) is 0.500. The summed E-state index contributed by atoms with van der Waals surface area (Å²) in [6.07, 6.45) is 1.26. The van der Waals surface area contributed by atoms with Crippen molar-refractivity contribution in [2.45, 2.75) is 26.8 Å². The molecule has 2 unspecified atom stereocenters. The number of anilines is 2. The van der Waals surface area contributed by atoms with Crippen LogP contribution in [0.4, 0.5) is 16.5 Å². The number of aromatic nitrogens is 1. The van der Waals surface area contributed by atoms with Gasteiger partial charge in [-0.25, -0.2) is 4.98 Å². The third-order valence-electron chi connectivity index (χ3n) is 5.02. The van der Waals surface area contributed by atoms with Crippen molar-refractivity contribution in [3.63, 3.8) is 0 Å². The van der Waals surface area contributed by atoms with Crippen LogP contribution >= 0.6 is 11.3 Å². The number of nitrogens with one attached hydrogen (secondary N) is 1. The number of carbonyl (C=O) groups excluding carboxylic acids is 1. The molecule has 1 aromatic heterocycles. The molecule has 1 fully saturated rings. The second-order valence-electron chi connectivity index (χ2n) is 8.09. The highest BCUT2D eigenvalue weighted by atomic mass is 32.1. The lowest BCUT2D eigenvalue weighted by atomic mass is 9.92. The normalized spacial score (nSPS) is 19.7. The van der Waals surface area contributed by atoms with Crippen molar-refractivity contribution in [3.05, 3.63) is 45.0 Å². The Balaban J connectivity index is 1.67.